The number of hydrogen-bond acceptors (Lipinski definition) is 2. The molecule has 2 aliphatic rings. The van der Waals surface area contributed by atoms with Crippen LogP contribution in [-0.2, 0) is 15.8 Å². The molecule has 2 fully saturated rings. The van der Waals surface area contributed by atoms with E-state index in [0.29, 0.717) is 5.91 Å². The number of likely N-dealkylation sites (tertiary alicyclic amines) is 1. The van der Waals surface area contributed by atoms with Gasteiger partial charge in [-0.1, -0.05) is 51.1 Å². The first kappa shape index (κ1) is 16.7. The highest BCUT2D eigenvalue weighted by atomic mass is 28.4. The van der Waals surface area contributed by atoms with Crippen LogP contribution in [0.4, 0.5) is 0 Å². The normalized spacial score (nSPS) is 27.8. The van der Waals surface area contributed by atoms with Gasteiger partial charge in [0.25, 0.3) is 0 Å². The van der Waals surface area contributed by atoms with Gasteiger partial charge < -0.3 is 9.33 Å². The third-order valence-electron chi connectivity index (χ3n) is 5.95. The van der Waals surface area contributed by atoms with Crippen molar-refractivity contribution in [1.82, 2.24) is 4.90 Å². The van der Waals surface area contributed by atoms with E-state index in [2.05, 4.69) is 50.9 Å². The average Bonchev–Trinajstić information content (AvgIpc) is 2.98. The Morgan fingerprint density at radius 3 is 2.39 bits per heavy atom. The number of nitrogens with zero attached hydrogens (tertiary/aromatic N) is 1. The fourth-order valence-corrected chi connectivity index (χ4v) is 4.93. The minimum Gasteiger partial charge on any atom is -0.412 e. The lowest BCUT2D eigenvalue weighted by atomic mass is 10.1. The van der Waals surface area contributed by atoms with Crippen LogP contribution in [0.3, 0.4) is 0 Å². The summed E-state index contributed by atoms with van der Waals surface area (Å²) in [5.41, 5.74) is 1.21. The lowest BCUT2D eigenvalue weighted by molar-refractivity contribution is -0.137. The van der Waals surface area contributed by atoms with Gasteiger partial charge in [-0.05, 0) is 36.5 Å². The Kier molecular flexibility index (Phi) is 4.17. The quantitative estimate of drug-likeness (QED) is 0.774. The molecule has 1 aliphatic carbocycles. The molecule has 0 radical (unpaired) electrons. The van der Waals surface area contributed by atoms with Crippen LogP contribution < -0.4 is 0 Å². The molecule has 23 heavy (non-hydrogen) atoms. The minimum atomic E-state index is -1.79. The summed E-state index contributed by atoms with van der Waals surface area (Å²) in [6, 6.07) is 10.6. The third kappa shape index (κ3) is 3.11. The van der Waals surface area contributed by atoms with Crippen LogP contribution in [0.25, 0.3) is 0 Å². The van der Waals surface area contributed by atoms with Crippen LogP contribution in [0.2, 0.25) is 18.1 Å². The Balaban J connectivity index is 1.73. The second kappa shape index (κ2) is 5.74. The first-order valence-corrected chi connectivity index (χ1v) is 11.6. The Bertz CT molecular complexity index is 579. The molecule has 3 nitrogen and oxygen atoms in total. The number of rotatable bonds is 4. The van der Waals surface area contributed by atoms with Gasteiger partial charge in [-0.15, -0.1) is 0 Å². The van der Waals surface area contributed by atoms with Crippen LogP contribution in [0.1, 0.15) is 39.2 Å². The van der Waals surface area contributed by atoms with Crippen LogP contribution in [0, 0.1) is 5.92 Å². The summed E-state index contributed by atoms with van der Waals surface area (Å²) >= 11 is 0. The highest BCUT2D eigenvalue weighted by molar-refractivity contribution is 6.74. The topological polar surface area (TPSA) is 29.5 Å². The SMILES string of the molecule is CC(C)(C)[Si](C)(C)O[C@H]1C[C@@H]2C[C@H]1N(Cc1ccccc1)C2=O. The second-order valence-corrected chi connectivity index (χ2v) is 13.4. The van der Waals surface area contributed by atoms with Crippen molar-refractivity contribution in [3.63, 3.8) is 0 Å². The van der Waals surface area contributed by atoms with Gasteiger partial charge in [0.05, 0.1) is 12.1 Å². The molecule has 4 heteroatoms. The fraction of sp³-hybridized carbons (Fsp3) is 0.632. The Morgan fingerprint density at radius 1 is 1.17 bits per heavy atom. The van der Waals surface area contributed by atoms with E-state index < -0.39 is 8.32 Å². The van der Waals surface area contributed by atoms with Crippen molar-refractivity contribution in [3.8, 4) is 0 Å². The average molecular weight is 332 g/mol. The van der Waals surface area contributed by atoms with Crippen LogP contribution in [-0.4, -0.2) is 31.3 Å². The molecular formula is C19H29NO2Si. The molecule has 0 spiro atoms. The monoisotopic (exact) mass is 331 g/mol. The van der Waals surface area contributed by atoms with Crippen molar-refractivity contribution in [3.05, 3.63) is 35.9 Å². The number of piperidine rings is 1. The number of carbonyl (C=O) groups is 1. The zero-order valence-electron chi connectivity index (χ0n) is 15.0. The molecule has 1 aliphatic heterocycles. The van der Waals surface area contributed by atoms with E-state index in [0.717, 1.165) is 19.4 Å². The van der Waals surface area contributed by atoms with Gasteiger partial charge in [0, 0.05) is 12.5 Å². The van der Waals surface area contributed by atoms with E-state index in [1.165, 1.54) is 5.56 Å². The van der Waals surface area contributed by atoms with Crippen LogP contribution in [0.15, 0.2) is 30.3 Å². The Morgan fingerprint density at radius 2 is 1.83 bits per heavy atom. The fourth-order valence-electron chi connectivity index (χ4n) is 3.56. The molecule has 1 saturated heterocycles. The molecule has 0 aromatic heterocycles. The molecule has 1 heterocycles. The Labute approximate surface area is 141 Å². The molecular weight excluding hydrogens is 302 g/mol. The van der Waals surface area contributed by atoms with Gasteiger partial charge in [-0.3, -0.25) is 4.79 Å². The van der Waals surface area contributed by atoms with E-state index in [9.17, 15) is 4.79 Å². The van der Waals surface area contributed by atoms with E-state index >= 15 is 0 Å². The number of amides is 1. The number of benzene rings is 1. The van der Waals surface area contributed by atoms with Crippen molar-refractivity contribution in [2.45, 2.75) is 70.4 Å². The number of carbonyl (C=O) groups excluding carboxylic acids is 1. The second-order valence-electron chi connectivity index (χ2n) is 8.60. The molecule has 1 saturated carbocycles. The van der Waals surface area contributed by atoms with Crippen molar-refractivity contribution < 1.29 is 9.22 Å². The van der Waals surface area contributed by atoms with Gasteiger partial charge in [-0.2, -0.15) is 0 Å². The number of hydrogen-bond donors (Lipinski definition) is 0. The van der Waals surface area contributed by atoms with Gasteiger partial charge in [0.15, 0.2) is 8.32 Å². The molecule has 3 rings (SSSR count). The lowest BCUT2D eigenvalue weighted by Gasteiger charge is -2.42. The van der Waals surface area contributed by atoms with Gasteiger partial charge in [0.1, 0.15) is 0 Å². The predicted octanol–water partition coefficient (Wildman–Crippen LogP) is 4.20. The van der Waals surface area contributed by atoms with Gasteiger partial charge in [0.2, 0.25) is 5.91 Å². The van der Waals surface area contributed by atoms with Gasteiger partial charge in [-0.25, -0.2) is 0 Å². The molecule has 1 aromatic carbocycles. The first-order valence-electron chi connectivity index (χ1n) is 8.71. The standard InChI is InChI=1S/C19H29NO2Si/c1-19(2,3)23(4,5)22-17-12-15-11-16(17)20(18(15)21)13-14-9-7-6-8-10-14/h6-10,15-17H,11-13H2,1-5H3/t15-,16+,17-/m0/s1. The summed E-state index contributed by atoms with van der Waals surface area (Å²) in [5, 5.41) is 0.211. The van der Waals surface area contributed by atoms with E-state index in [1.807, 2.05) is 18.2 Å². The summed E-state index contributed by atoms with van der Waals surface area (Å²) in [6.45, 7) is 12.2. The van der Waals surface area contributed by atoms with Crippen molar-refractivity contribution in [2.24, 2.45) is 5.92 Å². The first-order chi connectivity index (χ1) is 10.7. The predicted molar refractivity (Wildman–Crippen MR) is 95.6 cm³/mol. The highest BCUT2D eigenvalue weighted by Crippen LogP contribution is 2.45. The zero-order valence-corrected chi connectivity index (χ0v) is 16.0. The molecule has 1 aromatic rings. The third-order valence-corrected chi connectivity index (χ3v) is 10.5. The summed E-state index contributed by atoms with van der Waals surface area (Å²) in [7, 11) is -1.79. The minimum absolute atomic E-state index is 0.179. The van der Waals surface area contributed by atoms with Crippen LogP contribution >= 0.6 is 0 Å². The lowest BCUT2D eigenvalue weighted by Crippen LogP contribution is -2.51. The zero-order chi connectivity index (χ0) is 16.8. The van der Waals surface area contributed by atoms with Gasteiger partial charge >= 0.3 is 0 Å². The summed E-state index contributed by atoms with van der Waals surface area (Å²) in [4.78, 5) is 14.6. The van der Waals surface area contributed by atoms with Crippen molar-refractivity contribution in [1.29, 1.82) is 0 Å². The summed E-state index contributed by atoms with van der Waals surface area (Å²) in [6.07, 6.45) is 2.12. The summed E-state index contributed by atoms with van der Waals surface area (Å²) < 4.78 is 6.66. The van der Waals surface area contributed by atoms with E-state index in [1.54, 1.807) is 0 Å². The maximum absolute atomic E-state index is 12.6. The maximum Gasteiger partial charge on any atom is 0.226 e. The van der Waals surface area contributed by atoms with Crippen LogP contribution in [0.5, 0.6) is 0 Å². The van der Waals surface area contributed by atoms with E-state index in [4.69, 9.17) is 4.43 Å². The highest BCUT2D eigenvalue weighted by Gasteiger charge is 2.53. The maximum atomic E-state index is 12.6. The van der Waals surface area contributed by atoms with Crippen molar-refractivity contribution >= 4 is 14.2 Å². The molecule has 126 valence electrons. The molecule has 3 atom stereocenters. The van der Waals surface area contributed by atoms with Crippen molar-refractivity contribution in [2.75, 3.05) is 0 Å². The molecule has 1 amide bonds. The molecule has 0 unspecified atom stereocenters. The molecule has 0 N–H and O–H groups in total. The van der Waals surface area contributed by atoms with E-state index in [-0.39, 0.29) is 23.1 Å². The molecule has 2 bridgehead atoms. The Hall–Kier alpha value is -1.13. The summed E-state index contributed by atoms with van der Waals surface area (Å²) in [5.74, 6) is 0.507. The largest absolute Gasteiger partial charge is 0.412 e. The smallest absolute Gasteiger partial charge is 0.226 e. The number of fused-ring (bicyclic) bond motifs is 2.